The van der Waals surface area contributed by atoms with E-state index in [1.54, 1.807) is 6.92 Å². The second kappa shape index (κ2) is 9.87. The van der Waals surface area contributed by atoms with E-state index in [4.69, 9.17) is 9.29 Å². The van der Waals surface area contributed by atoms with Crippen molar-refractivity contribution >= 4 is 16.0 Å². The molecule has 1 aliphatic rings. The van der Waals surface area contributed by atoms with Gasteiger partial charge in [-0.25, -0.2) is 0 Å². The van der Waals surface area contributed by atoms with Crippen molar-refractivity contribution in [2.24, 2.45) is 0 Å². The van der Waals surface area contributed by atoms with Crippen molar-refractivity contribution in [1.29, 1.82) is 0 Å². The third-order valence-electron chi connectivity index (χ3n) is 2.47. The van der Waals surface area contributed by atoms with E-state index in [0.717, 1.165) is 26.3 Å². The third-order valence-corrected chi connectivity index (χ3v) is 3.30. The first kappa shape index (κ1) is 19.0. The maximum atomic E-state index is 11.1. The summed E-state index contributed by atoms with van der Waals surface area (Å²) in [6.45, 7) is 10.5. The van der Waals surface area contributed by atoms with Gasteiger partial charge in [-0.1, -0.05) is 13.5 Å². The molecule has 0 aromatic heterocycles. The number of ether oxygens (including phenoxy) is 1. The van der Waals surface area contributed by atoms with Gasteiger partial charge in [0.15, 0.2) is 0 Å². The van der Waals surface area contributed by atoms with E-state index < -0.39 is 27.8 Å². The average Bonchev–Trinajstić information content (AvgIpc) is 2.39. The van der Waals surface area contributed by atoms with Crippen molar-refractivity contribution < 1.29 is 22.5 Å². The molecular weight excluding hydrogens is 284 g/mol. The van der Waals surface area contributed by atoms with E-state index in [1.165, 1.54) is 6.92 Å². The second-order valence-corrected chi connectivity index (χ2v) is 5.97. The van der Waals surface area contributed by atoms with Crippen LogP contribution in [0.4, 0.5) is 0 Å². The first-order chi connectivity index (χ1) is 9.26. The molecule has 0 saturated carbocycles. The zero-order valence-corrected chi connectivity index (χ0v) is 12.8. The molecule has 0 aromatic rings. The first-order valence-electron chi connectivity index (χ1n) is 6.46. The summed E-state index contributed by atoms with van der Waals surface area (Å²) in [5.41, 5.74) is 0.304. The molecule has 7 nitrogen and oxygen atoms in total. The normalized spacial score (nSPS) is 16.6. The van der Waals surface area contributed by atoms with E-state index in [2.05, 4.69) is 17.2 Å². The molecule has 0 spiro atoms. The summed E-state index contributed by atoms with van der Waals surface area (Å²) in [6, 6.07) is -0.575. The molecular formula is C12H24N2O5S. The van der Waals surface area contributed by atoms with Gasteiger partial charge >= 0.3 is 0 Å². The Kier molecular flexibility index (Phi) is 9.39. The van der Waals surface area contributed by atoms with Crippen molar-refractivity contribution in [2.75, 3.05) is 32.1 Å². The maximum absolute atomic E-state index is 11.1. The SMILES string of the molecule is C1COCCN1.C=C(C)C(=O)NC(CC)CS(=O)(=O)O. The van der Waals surface area contributed by atoms with Crippen molar-refractivity contribution in [3.8, 4) is 0 Å². The average molecular weight is 308 g/mol. The highest BCUT2D eigenvalue weighted by Crippen LogP contribution is 1.98. The lowest BCUT2D eigenvalue weighted by Crippen LogP contribution is -2.39. The predicted octanol–water partition coefficient (Wildman–Crippen LogP) is -0.0487. The molecule has 118 valence electrons. The molecule has 1 amide bonds. The summed E-state index contributed by atoms with van der Waals surface area (Å²) in [7, 11) is -4.05. The number of rotatable bonds is 5. The molecule has 1 rings (SSSR count). The first-order valence-corrected chi connectivity index (χ1v) is 8.07. The van der Waals surface area contributed by atoms with Crippen LogP contribution in [0.5, 0.6) is 0 Å². The van der Waals surface area contributed by atoms with Crippen molar-refractivity contribution in [2.45, 2.75) is 26.3 Å². The molecule has 1 heterocycles. The molecule has 3 N–H and O–H groups in total. The van der Waals surface area contributed by atoms with E-state index in [1.807, 2.05) is 0 Å². The number of amides is 1. The minimum atomic E-state index is -4.05. The van der Waals surface area contributed by atoms with Crippen LogP contribution in [0.1, 0.15) is 20.3 Å². The number of hydrogen-bond acceptors (Lipinski definition) is 5. The van der Waals surface area contributed by atoms with E-state index >= 15 is 0 Å². The summed E-state index contributed by atoms with van der Waals surface area (Å²) in [5.74, 6) is -0.872. The van der Waals surface area contributed by atoms with Crippen LogP contribution in [0.25, 0.3) is 0 Å². The summed E-state index contributed by atoms with van der Waals surface area (Å²) in [5, 5.41) is 5.60. The molecule has 0 aliphatic carbocycles. The van der Waals surface area contributed by atoms with Gasteiger partial charge in [0.1, 0.15) is 0 Å². The van der Waals surface area contributed by atoms with Crippen molar-refractivity contribution in [3.63, 3.8) is 0 Å². The molecule has 1 fully saturated rings. The smallest absolute Gasteiger partial charge is 0.266 e. The van der Waals surface area contributed by atoms with Gasteiger partial charge in [-0.2, -0.15) is 8.42 Å². The molecule has 1 saturated heterocycles. The fourth-order valence-electron chi connectivity index (χ4n) is 1.34. The quantitative estimate of drug-likeness (QED) is 0.486. The zero-order valence-electron chi connectivity index (χ0n) is 12.0. The lowest BCUT2D eigenvalue weighted by atomic mass is 10.2. The molecule has 1 aliphatic heterocycles. The number of carbonyl (C=O) groups is 1. The van der Waals surface area contributed by atoms with Crippen LogP contribution >= 0.6 is 0 Å². The second-order valence-electron chi connectivity index (χ2n) is 4.47. The molecule has 1 atom stereocenters. The minimum absolute atomic E-state index is 0.304. The molecule has 1 unspecified atom stereocenters. The van der Waals surface area contributed by atoms with Gasteiger partial charge in [0.2, 0.25) is 5.91 Å². The lowest BCUT2D eigenvalue weighted by molar-refractivity contribution is -0.118. The molecule has 0 radical (unpaired) electrons. The van der Waals surface area contributed by atoms with Crippen LogP contribution in [0, 0.1) is 0 Å². The highest BCUT2D eigenvalue weighted by molar-refractivity contribution is 7.85. The maximum Gasteiger partial charge on any atom is 0.266 e. The number of morpholine rings is 1. The van der Waals surface area contributed by atoms with Gasteiger partial charge in [-0.05, 0) is 13.3 Å². The topological polar surface area (TPSA) is 105 Å². The van der Waals surface area contributed by atoms with Crippen LogP contribution < -0.4 is 10.6 Å². The monoisotopic (exact) mass is 308 g/mol. The molecule has 0 bridgehead atoms. The molecule has 8 heteroatoms. The Bertz CT molecular complexity index is 393. The Balaban J connectivity index is 0.000000493. The van der Waals surface area contributed by atoms with E-state index in [0.29, 0.717) is 12.0 Å². The Morgan fingerprint density at radius 3 is 2.25 bits per heavy atom. The van der Waals surface area contributed by atoms with E-state index in [9.17, 15) is 13.2 Å². The fourth-order valence-corrected chi connectivity index (χ4v) is 2.17. The Labute approximate surface area is 120 Å². The van der Waals surface area contributed by atoms with Crippen LogP contribution in [-0.4, -0.2) is 57.0 Å². The lowest BCUT2D eigenvalue weighted by Gasteiger charge is -2.14. The van der Waals surface area contributed by atoms with Gasteiger partial charge in [0, 0.05) is 24.7 Å². The van der Waals surface area contributed by atoms with Crippen LogP contribution in [0.2, 0.25) is 0 Å². The van der Waals surface area contributed by atoms with Crippen molar-refractivity contribution in [1.82, 2.24) is 10.6 Å². The van der Waals surface area contributed by atoms with Crippen LogP contribution in [-0.2, 0) is 19.6 Å². The highest BCUT2D eigenvalue weighted by atomic mass is 32.2. The van der Waals surface area contributed by atoms with Gasteiger partial charge in [0.05, 0.1) is 19.0 Å². The number of hydrogen-bond donors (Lipinski definition) is 3. The summed E-state index contributed by atoms with van der Waals surface area (Å²) < 4.78 is 34.6. The predicted molar refractivity (Wildman–Crippen MR) is 77.1 cm³/mol. The standard InChI is InChI=1S/C8H15NO4S.C4H9NO/c1-4-7(5-14(11,12)13)9-8(10)6(2)3;1-3-6-4-2-5-1/h7H,2,4-5H2,1,3H3,(H,9,10)(H,11,12,13);5H,1-4H2. The minimum Gasteiger partial charge on any atom is -0.379 e. The third kappa shape index (κ3) is 10.9. The molecule has 20 heavy (non-hydrogen) atoms. The van der Waals surface area contributed by atoms with E-state index in [-0.39, 0.29) is 0 Å². The summed E-state index contributed by atoms with van der Waals surface area (Å²) >= 11 is 0. The summed E-state index contributed by atoms with van der Waals surface area (Å²) in [6.07, 6.45) is 0.429. The van der Waals surface area contributed by atoms with Crippen molar-refractivity contribution in [3.05, 3.63) is 12.2 Å². The summed E-state index contributed by atoms with van der Waals surface area (Å²) in [4.78, 5) is 11.1. The largest absolute Gasteiger partial charge is 0.379 e. The Morgan fingerprint density at radius 1 is 1.45 bits per heavy atom. The van der Waals surface area contributed by atoms with Gasteiger partial charge < -0.3 is 15.4 Å². The number of carbonyl (C=O) groups excluding carboxylic acids is 1. The fraction of sp³-hybridized carbons (Fsp3) is 0.750. The molecule has 0 aromatic carbocycles. The Morgan fingerprint density at radius 2 is 2.00 bits per heavy atom. The van der Waals surface area contributed by atoms with Crippen LogP contribution in [0.15, 0.2) is 12.2 Å². The van der Waals surface area contributed by atoms with Gasteiger partial charge in [-0.3, -0.25) is 9.35 Å². The highest BCUT2D eigenvalue weighted by Gasteiger charge is 2.17. The number of nitrogens with one attached hydrogen (secondary N) is 2. The zero-order chi connectivity index (χ0) is 15.6. The van der Waals surface area contributed by atoms with Gasteiger partial charge in [0.25, 0.3) is 10.1 Å². The van der Waals surface area contributed by atoms with Crippen LogP contribution in [0.3, 0.4) is 0 Å². The van der Waals surface area contributed by atoms with Gasteiger partial charge in [-0.15, -0.1) is 0 Å². The Hall–Kier alpha value is -0.960.